The molecule has 4 nitrogen and oxygen atoms in total. The van der Waals surface area contributed by atoms with Crippen LogP contribution >= 0.6 is 0 Å². The van der Waals surface area contributed by atoms with Crippen molar-refractivity contribution in [2.45, 2.75) is 6.54 Å². The number of hydrogen-bond donors (Lipinski definition) is 4. The smallest absolute Gasteiger partial charge is 0.180 e. The zero-order valence-electron chi connectivity index (χ0n) is 5.91. The Morgan fingerprint density at radius 3 is 2.36 bits per heavy atom. The highest BCUT2D eigenvalue weighted by Gasteiger charge is 2.04. The minimum Gasteiger partial charge on any atom is -0.504 e. The molecule has 4 heteroatoms. The molecule has 0 heterocycles. The van der Waals surface area contributed by atoms with Crippen molar-refractivity contribution in [1.29, 1.82) is 0 Å². The van der Waals surface area contributed by atoms with Crippen molar-refractivity contribution in [2.24, 2.45) is 5.73 Å². The summed E-state index contributed by atoms with van der Waals surface area (Å²) in [5.41, 5.74) is 11.5. The number of anilines is 1. The summed E-state index contributed by atoms with van der Waals surface area (Å²) in [6.07, 6.45) is 0. The molecular formula is C7H10N2O2. The molecule has 0 spiro atoms. The minimum atomic E-state index is -0.290. The summed E-state index contributed by atoms with van der Waals surface area (Å²) in [5.74, 6) is -0.521. The molecule has 0 aliphatic heterocycles. The number of phenols is 2. The first kappa shape index (κ1) is 7.68. The number of hydrogen-bond acceptors (Lipinski definition) is 4. The van der Waals surface area contributed by atoms with Crippen molar-refractivity contribution < 1.29 is 10.2 Å². The average Bonchev–Trinajstić information content (AvgIpc) is 1.99. The predicted molar refractivity (Wildman–Crippen MR) is 42.1 cm³/mol. The summed E-state index contributed by atoms with van der Waals surface area (Å²) in [6.45, 7) is 0.290. The maximum absolute atomic E-state index is 9.03. The van der Waals surface area contributed by atoms with Gasteiger partial charge in [0, 0.05) is 6.54 Å². The van der Waals surface area contributed by atoms with Gasteiger partial charge in [-0.1, -0.05) is 0 Å². The molecule has 0 bridgehead atoms. The van der Waals surface area contributed by atoms with Gasteiger partial charge in [-0.3, -0.25) is 0 Å². The summed E-state index contributed by atoms with van der Waals surface area (Å²) in [6, 6.07) is 2.90. The first-order chi connectivity index (χ1) is 5.15. The predicted octanol–water partition coefficient (Wildman–Crippen LogP) is 0.139. The number of benzene rings is 1. The molecule has 1 rings (SSSR count). The van der Waals surface area contributed by atoms with Crippen molar-refractivity contribution in [3.8, 4) is 11.5 Å². The van der Waals surface area contributed by atoms with E-state index in [2.05, 4.69) is 0 Å². The van der Waals surface area contributed by atoms with Crippen LogP contribution in [-0.4, -0.2) is 10.2 Å². The van der Waals surface area contributed by atoms with E-state index in [1.54, 1.807) is 0 Å². The molecule has 0 fully saturated rings. The molecule has 1 aromatic carbocycles. The first-order valence-electron chi connectivity index (χ1n) is 3.15. The van der Waals surface area contributed by atoms with Gasteiger partial charge in [-0.25, -0.2) is 0 Å². The number of rotatable bonds is 1. The molecule has 0 saturated carbocycles. The second-order valence-electron chi connectivity index (χ2n) is 2.26. The quantitative estimate of drug-likeness (QED) is 0.342. The van der Waals surface area contributed by atoms with Gasteiger partial charge in [-0.2, -0.15) is 0 Å². The summed E-state index contributed by atoms with van der Waals surface area (Å²) in [5, 5.41) is 18.0. The largest absolute Gasteiger partial charge is 0.504 e. The zero-order valence-corrected chi connectivity index (χ0v) is 5.91. The fourth-order valence-electron chi connectivity index (χ4n) is 0.819. The molecule has 0 aliphatic rings. The molecule has 6 N–H and O–H groups in total. The lowest BCUT2D eigenvalue weighted by Gasteiger charge is -2.03. The zero-order chi connectivity index (χ0) is 8.43. The van der Waals surface area contributed by atoms with Gasteiger partial charge >= 0.3 is 0 Å². The highest BCUT2D eigenvalue weighted by Crippen LogP contribution is 2.31. The maximum atomic E-state index is 9.03. The topological polar surface area (TPSA) is 92.5 Å². The van der Waals surface area contributed by atoms with Crippen LogP contribution in [0.1, 0.15) is 5.56 Å². The third kappa shape index (κ3) is 1.35. The van der Waals surface area contributed by atoms with E-state index in [1.165, 1.54) is 12.1 Å². The number of phenolic OH excluding ortho intramolecular Hbond substituents is 2. The fourth-order valence-corrected chi connectivity index (χ4v) is 0.819. The lowest BCUT2D eigenvalue weighted by Crippen LogP contribution is -1.97. The van der Waals surface area contributed by atoms with Crippen molar-refractivity contribution in [3.05, 3.63) is 17.7 Å². The SMILES string of the molecule is NCc1cc(N)c(O)c(O)c1. The molecular weight excluding hydrogens is 144 g/mol. The summed E-state index contributed by atoms with van der Waals surface area (Å²) in [7, 11) is 0. The van der Waals surface area contributed by atoms with Crippen LogP contribution in [0.25, 0.3) is 0 Å². The lowest BCUT2D eigenvalue weighted by atomic mass is 10.2. The molecule has 0 aliphatic carbocycles. The standard InChI is InChI=1S/C7H10N2O2/c8-3-4-1-5(9)7(11)6(10)2-4/h1-2,10-11H,3,8-9H2. The molecule has 1 aromatic rings. The van der Waals surface area contributed by atoms with Crippen LogP contribution in [0.4, 0.5) is 5.69 Å². The summed E-state index contributed by atoms with van der Waals surface area (Å²) >= 11 is 0. The molecule has 0 aromatic heterocycles. The van der Waals surface area contributed by atoms with E-state index in [-0.39, 0.29) is 23.7 Å². The number of aromatic hydroxyl groups is 2. The third-order valence-corrected chi connectivity index (χ3v) is 1.41. The van der Waals surface area contributed by atoms with Gasteiger partial charge in [0.2, 0.25) is 0 Å². The van der Waals surface area contributed by atoms with E-state index < -0.39 is 0 Å². The number of nitrogen functional groups attached to an aromatic ring is 1. The van der Waals surface area contributed by atoms with Crippen LogP contribution in [-0.2, 0) is 6.54 Å². The van der Waals surface area contributed by atoms with Crippen LogP contribution < -0.4 is 11.5 Å². The van der Waals surface area contributed by atoms with Gasteiger partial charge in [0.05, 0.1) is 5.69 Å². The van der Waals surface area contributed by atoms with Gasteiger partial charge in [-0.05, 0) is 17.7 Å². The molecule has 0 amide bonds. The van der Waals surface area contributed by atoms with E-state index in [0.29, 0.717) is 5.56 Å². The van der Waals surface area contributed by atoms with Crippen molar-refractivity contribution in [1.82, 2.24) is 0 Å². The van der Waals surface area contributed by atoms with E-state index in [9.17, 15) is 0 Å². The Labute approximate surface area is 64.1 Å². The van der Waals surface area contributed by atoms with E-state index >= 15 is 0 Å². The second kappa shape index (κ2) is 2.67. The van der Waals surface area contributed by atoms with Gasteiger partial charge in [0.25, 0.3) is 0 Å². The van der Waals surface area contributed by atoms with Crippen molar-refractivity contribution in [3.63, 3.8) is 0 Å². The summed E-state index contributed by atoms with van der Waals surface area (Å²) in [4.78, 5) is 0. The molecule has 11 heavy (non-hydrogen) atoms. The van der Waals surface area contributed by atoms with Crippen LogP contribution in [0.5, 0.6) is 11.5 Å². The van der Waals surface area contributed by atoms with Gasteiger partial charge in [-0.15, -0.1) is 0 Å². The lowest BCUT2D eigenvalue weighted by molar-refractivity contribution is 0.405. The Kier molecular flexibility index (Phi) is 1.87. The van der Waals surface area contributed by atoms with Crippen LogP contribution in [0.2, 0.25) is 0 Å². The van der Waals surface area contributed by atoms with E-state index in [1.807, 2.05) is 0 Å². The minimum absolute atomic E-state index is 0.144. The van der Waals surface area contributed by atoms with E-state index in [0.717, 1.165) is 0 Å². The van der Waals surface area contributed by atoms with Crippen LogP contribution in [0.3, 0.4) is 0 Å². The Morgan fingerprint density at radius 2 is 1.91 bits per heavy atom. The average molecular weight is 154 g/mol. The Bertz CT molecular complexity index is 250. The Morgan fingerprint density at radius 1 is 1.27 bits per heavy atom. The highest BCUT2D eigenvalue weighted by atomic mass is 16.3. The number of nitrogens with two attached hydrogens (primary N) is 2. The monoisotopic (exact) mass is 154 g/mol. The third-order valence-electron chi connectivity index (χ3n) is 1.41. The molecule has 0 radical (unpaired) electrons. The van der Waals surface area contributed by atoms with Gasteiger partial charge < -0.3 is 21.7 Å². The van der Waals surface area contributed by atoms with Crippen molar-refractivity contribution in [2.75, 3.05) is 5.73 Å². The Hall–Kier alpha value is -1.42. The molecule has 60 valence electrons. The Balaban J connectivity index is 3.21. The van der Waals surface area contributed by atoms with Gasteiger partial charge in [0.1, 0.15) is 0 Å². The molecule has 0 unspecified atom stereocenters. The van der Waals surface area contributed by atoms with Crippen molar-refractivity contribution >= 4 is 5.69 Å². The fraction of sp³-hybridized carbons (Fsp3) is 0.143. The molecule has 0 atom stereocenters. The van der Waals surface area contributed by atoms with E-state index in [4.69, 9.17) is 21.7 Å². The van der Waals surface area contributed by atoms with Gasteiger partial charge in [0.15, 0.2) is 11.5 Å². The maximum Gasteiger partial charge on any atom is 0.180 e. The first-order valence-corrected chi connectivity index (χ1v) is 3.15. The summed E-state index contributed by atoms with van der Waals surface area (Å²) < 4.78 is 0. The van der Waals surface area contributed by atoms with Crippen LogP contribution in [0.15, 0.2) is 12.1 Å². The highest BCUT2D eigenvalue weighted by molar-refractivity contribution is 5.60. The molecule has 0 saturated heterocycles. The normalized spacial score (nSPS) is 9.91. The second-order valence-corrected chi connectivity index (χ2v) is 2.26. The van der Waals surface area contributed by atoms with Crippen LogP contribution in [0, 0.1) is 0 Å².